The fourth-order valence-corrected chi connectivity index (χ4v) is 4.30. The molecule has 0 aliphatic heterocycles. The Labute approximate surface area is 169 Å². The van der Waals surface area contributed by atoms with Crippen LogP contribution in [0.2, 0.25) is 0 Å². The fourth-order valence-electron chi connectivity index (χ4n) is 3.09. The third-order valence-electron chi connectivity index (χ3n) is 4.60. The SMILES string of the molecule is Cc1ccc(Cc2nc(CCNS(=O)(=O)c3cccc4cccnc34)n[nH]2)cc1. The zero-order valence-electron chi connectivity index (χ0n) is 16.0. The molecule has 8 heteroatoms. The molecule has 2 aromatic carbocycles. The lowest BCUT2D eigenvalue weighted by Crippen LogP contribution is -2.26. The second-order valence-electron chi connectivity index (χ2n) is 6.84. The average Bonchev–Trinajstić information content (AvgIpc) is 3.16. The third-order valence-corrected chi connectivity index (χ3v) is 6.09. The first-order chi connectivity index (χ1) is 14.0. The largest absolute Gasteiger partial charge is 0.263 e. The Morgan fingerprint density at radius 1 is 1.03 bits per heavy atom. The maximum atomic E-state index is 12.7. The number of para-hydroxylation sites is 1. The van der Waals surface area contributed by atoms with Crippen LogP contribution in [0.5, 0.6) is 0 Å². The molecule has 0 unspecified atom stereocenters. The van der Waals surface area contributed by atoms with Crippen molar-refractivity contribution in [3.8, 4) is 0 Å². The molecule has 0 atom stereocenters. The highest BCUT2D eigenvalue weighted by Crippen LogP contribution is 2.20. The summed E-state index contributed by atoms with van der Waals surface area (Å²) in [5.74, 6) is 1.33. The third kappa shape index (κ3) is 4.49. The van der Waals surface area contributed by atoms with E-state index in [4.69, 9.17) is 0 Å². The number of aryl methyl sites for hydroxylation is 1. The van der Waals surface area contributed by atoms with Gasteiger partial charge in [0.1, 0.15) is 10.7 Å². The van der Waals surface area contributed by atoms with Crippen molar-refractivity contribution in [1.82, 2.24) is 24.9 Å². The average molecular weight is 407 g/mol. The lowest BCUT2D eigenvalue weighted by Gasteiger charge is -2.08. The molecule has 29 heavy (non-hydrogen) atoms. The summed E-state index contributed by atoms with van der Waals surface area (Å²) in [5.41, 5.74) is 2.81. The summed E-state index contributed by atoms with van der Waals surface area (Å²) in [4.78, 5) is 8.84. The monoisotopic (exact) mass is 407 g/mol. The van der Waals surface area contributed by atoms with E-state index in [0.29, 0.717) is 24.2 Å². The van der Waals surface area contributed by atoms with Crippen LogP contribution in [-0.4, -0.2) is 35.1 Å². The van der Waals surface area contributed by atoms with E-state index in [1.54, 1.807) is 24.4 Å². The maximum absolute atomic E-state index is 12.7. The smallest absolute Gasteiger partial charge is 0.242 e. The summed E-state index contributed by atoms with van der Waals surface area (Å²) in [7, 11) is -3.68. The zero-order valence-corrected chi connectivity index (χ0v) is 16.8. The van der Waals surface area contributed by atoms with Gasteiger partial charge in [-0.05, 0) is 24.6 Å². The normalized spacial score (nSPS) is 11.8. The molecule has 2 heterocycles. The second-order valence-corrected chi connectivity index (χ2v) is 8.58. The van der Waals surface area contributed by atoms with Crippen LogP contribution in [0.25, 0.3) is 10.9 Å². The highest BCUT2D eigenvalue weighted by Gasteiger charge is 2.18. The van der Waals surface area contributed by atoms with Gasteiger partial charge in [-0.2, -0.15) is 5.10 Å². The Balaban J connectivity index is 1.39. The molecule has 0 saturated heterocycles. The number of hydrogen-bond acceptors (Lipinski definition) is 5. The van der Waals surface area contributed by atoms with Gasteiger partial charge in [0, 0.05) is 31.0 Å². The van der Waals surface area contributed by atoms with Crippen molar-refractivity contribution in [2.45, 2.75) is 24.7 Å². The number of pyridine rings is 1. The number of sulfonamides is 1. The number of fused-ring (bicyclic) bond motifs is 1. The van der Waals surface area contributed by atoms with E-state index in [0.717, 1.165) is 16.8 Å². The quantitative estimate of drug-likeness (QED) is 0.491. The van der Waals surface area contributed by atoms with Crippen LogP contribution in [0.3, 0.4) is 0 Å². The second kappa shape index (κ2) is 8.10. The Bertz CT molecular complexity index is 1230. The zero-order chi connectivity index (χ0) is 20.3. The molecule has 148 valence electrons. The molecule has 4 rings (SSSR count). The predicted molar refractivity (Wildman–Crippen MR) is 111 cm³/mol. The van der Waals surface area contributed by atoms with Crippen molar-refractivity contribution in [2.24, 2.45) is 0 Å². The van der Waals surface area contributed by atoms with E-state index in [1.165, 1.54) is 5.56 Å². The minimum absolute atomic E-state index is 0.172. The lowest BCUT2D eigenvalue weighted by molar-refractivity contribution is 0.581. The van der Waals surface area contributed by atoms with E-state index < -0.39 is 10.0 Å². The van der Waals surface area contributed by atoms with Crippen LogP contribution >= 0.6 is 0 Å². The van der Waals surface area contributed by atoms with Crippen LogP contribution in [0.15, 0.2) is 65.7 Å². The Morgan fingerprint density at radius 3 is 2.66 bits per heavy atom. The van der Waals surface area contributed by atoms with Gasteiger partial charge in [0.15, 0.2) is 5.82 Å². The molecular weight excluding hydrogens is 386 g/mol. The first-order valence-electron chi connectivity index (χ1n) is 9.30. The van der Waals surface area contributed by atoms with Gasteiger partial charge in [0.2, 0.25) is 10.0 Å². The minimum atomic E-state index is -3.68. The number of benzene rings is 2. The Hall–Kier alpha value is -3.10. The van der Waals surface area contributed by atoms with Crippen molar-refractivity contribution in [2.75, 3.05) is 6.54 Å². The Morgan fingerprint density at radius 2 is 1.83 bits per heavy atom. The first-order valence-corrected chi connectivity index (χ1v) is 10.8. The number of H-pyrrole nitrogens is 1. The highest BCUT2D eigenvalue weighted by atomic mass is 32.2. The van der Waals surface area contributed by atoms with Gasteiger partial charge < -0.3 is 0 Å². The van der Waals surface area contributed by atoms with Gasteiger partial charge in [0.25, 0.3) is 0 Å². The predicted octanol–water partition coefficient (Wildman–Crippen LogP) is 2.77. The summed E-state index contributed by atoms with van der Waals surface area (Å²) >= 11 is 0. The van der Waals surface area contributed by atoms with Crippen LogP contribution in [-0.2, 0) is 22.9 Å². The molecule has 2 aromatic heterocycles. The van der Waals surface area contributed by atoms with E-state index in [1.807, 2.05) is 19.1 Å². The fraction of sp³-hybridized carbons (Fsp3) is 0.190. The topological polar surface area (TPSA) is 101 Å². The standard InChI is InChI=1S/C21H21N5O2S/c1-15-7-9-16(10-8-15)14-20-24-19(25-26-20)11-13-23-29(27,28)18-6-2-4-17-5-3-12-22-21(17)18/h2-10,12,23H,11,13-14H2,1H3,(H,24,25,26). The molecule has 4 aromatic rings. The van der Waals surface area contributed by atoms with E-state index >= 15 is 0 Å². The lowest BCUT2D eigenvalue weighted by atomic mass is 10.1. The molecule has 0 radical (unpaired) electrons. The van der Waals surface area contributed by atoms with Crippen LogP contribution in [0.1, 0.15) is 22.8 Å². The molecule has 0 spiro atoms. The highest BCUT2D eigenvalue weighted by molar-refractivity contribution is 7.89. The minimum Gasteiger partial charge on any atom is -0.263 e. The number of nitrogens with one attached hydrogen (secondary N) is 2. The van der Waals surface area contributed by atoms with Crippen molar-refractivity contribution in [1.29, 1.82) is 0 Å². The van der Waals surface area contributed by atoms with Crippen LogP contribution in [0, 0.1) is 6.92 Å². The molecule has 7 nitrogen and oxygen atoms in total. The molecule has 0 bridgehead atoms. The van der Waals surface area contributed by atoms with E-state index in [9.17, 15) is 8.42 Å². The molecule has 0 aliphatic rings. The van der Waals surface area contributed by atoms with Crippen LogP contribution in [0.4, 0.5) is 0 Å². The van der Waals surface area contributed by atoms with Gasteiger partial charge in [-0.3, -0.25) is 10.1 Å². The maximum Gasteiger partial charge on any atom is 0.242 e. The molecular formula is C21H21N5O2S. The molecule has 0 fully saturated rings. The van der Waals surface area contributed by atoms with Crippen molar-refractivity contribution in [3.63, 3.8) is 0 Å². The van der Waals surface area contributed by atoms with Gasteiger partial charge in [-0.25, -0.2) is 18.1 Å². The van der Waals surface area contributed by atoms with Crippen molar-refractivity contribution in [3.05, 3.63) is 83.6 Å². The first kappa shape index (κ1) is 19.2. The van der Waals surface area contributed by atoms with E-state index in [-0.39, 0.29) is 11.4 Å². The summed E-state index contributed by atoms with van der Waals surface area (Å²) < 4.78 is 28.0. The van der Waals surface area contributed by atoms with Crippen molar-refractivity contribution >= 4 is 20.9 Å². The Kier molecular flexibility index (Phi) is 5.37. The molecule has 0 amide bonds. The number of aromatic amines is 1. The molecule has 0 saturated carbocycles. The number of rotatable bonds is 7. The van der Waals surface area contributed by atoms with Crippen molar-refractivity contribution < 1.29 is 8.42 Å². The summed E-state index contributed by atoms with van der Waals surface area (Å²) in [5, 5.41) is 7.90. The van der Waals surface area contributed by atoms with Gasteiger partial charge in [0.05, 0.1) is 5.52 Å². The van der Waals surface area contributed by atoms with Gasteiger partial charge >= 0.3 is 0 Å². The number of hydrogen-bond donors (Lipinski definition) is 2. The molecule has 0 aliphatic carbocycles. The van der Waals surface area contributed by atoms with Gasteiger partial charge in [-0.1, -0.05) is 48.0 Å². The summed E-state index contributed by atoms with van der Waals surface area (Å²) in [6.45, 7) is 2.25. The van der Waals surface area contributed by atoms with Crippen LogP contribution < -0.4 is 4.72 Å². The summed E-state index contributed by atoms with van der Waals surface area (Å²) in [6.07, 6.45) is 2.63. The summed E-state index contributed by atoms with van der Waals surface area (Å²) in [6, 6.07) is 17.0. The molecule has 2 N–H and O–H groups in total. The number of nitrogens with zero attached hydrogens (tertiary/aromatic N) is 3. The van der Waals surface area contributed by atoms with Gasteiger partial charge in [-0.15, -0.1) is 0 Å². The van der Waals surface area contributed by atoms with E-state index in [2.05, 4.69) is 49.2 Å². The number of aromatic nitrogens is 4.